The zero-order valence-electron chi connectivity index (χ0n) is 32.5. The predicted molar refractivity (Wildman–Crippen MR) is 211 cm³/mol. The molecule has 0 spiro atoms. The van der Waals surface area contributed by atoms with Gasteiger partial charge in [-0.15, -0.1) is 0 Å². The van der Waals surface area contributed by atoms with Gasteiger partial charge in [0.25, 0.3) is 0 Å². The van der Waals surface area contributed by atoms with Crippen molar-refractivity contribution < 1.29 is 37.9 Å². The molecule has 0 aliphatic carbocycles. The highest BCUT2D eigenvalue weighted by atomic mass is 31.2. The number of unbranched alkanes of at least 4 members (excludes halogenated alkanes) is 22. The van der Waals surface area contributed by atoms with Gasteiger partial charge in [0.1, 0.15) is 6.61 Å². The van der Waals surface area contributed by atoms with Gasteiger partial charge in [-0.05, 0) is 32.1 Å². The standard InChI is InChI=1S/C42H75O8P/c1-3-5-7-9-11-13-15-17-18-19-20-21-22-23-25-26-28-30-32-34-36-41(43)48-38-40(39-49-51(45,46)47)50-42(44)37-35-33-31-29-27-24-16-14-12-10-8-6-4-2/h6,8,10,12,14,16,24,27,40H,3-5,7,9,11,13,15,17-23,25-26,28-39H2,1-2H3,(H2,45,46,47)/b8-6+,12-10+,16-14+,27-24+. The second kappa shape index (κ2) is 37.8. The van der Waals surface area contributed by atoms with Crippen molar-refractivity contribution in [2.24, 2.45) is 0 Å². The molecular formula is C42H75O8P. The lowest BCUT2D eigenvalue weighted by molar-refractivity contribution is -0.161. The van der Waals surface area contributed by atoms with Crippen LogP contribution in [-0.4, -0.2) is 41.0 Å². The Morgan fingerprint density at radius 3 is 1.41 bits per heavy atom. The number of hydrogen-bond acceptors (Lipinski definition) is 6. The van der Waals surface area contributed by atoms with Crippen LogP contribution in [0.15, 0.2) is 48.6 Å². The smallest absolute Gasteiger partial charge is 0.462 e. The average Bonchev–Trinajstić information content (AvgIpc) is 3.10. The molecule has 0 aliphatic rings. The van der Waals surface area contributed by atoms with Gasteiger partial charge in [0, 0.05) is 12.8 Å². The highest BCUT2D eigenvalue weighted by Gasteiger charge is 2.22. The third-order valence-electron chi connectivity index (χ3n) is 8.71. The van der Waals surface area contributed by atoms with E-state index in [9.17, 15) is 14.2 Å². The minimum atomic E-state index is -4.76. The van der Waals surface area contributed by atoms with Gasteiger partial charge < -0.3 is 19.3 Å². The van der Waals surface area contributed by atoms with Crippen LogP contribution in [0.2, 0.25) is 0 Å². The van der Waals surface area contributed by atoms with Crippen molar-refractivity contribution in [3.63, 3.8) is 0 Å². The van der Waals surface area contributed by atoms with Crippen LogP contribution in [0.25, 0.3) is 0 Å². The Hall–Kier alpha value is -1.99. The first-order valence-electron chi connectivity index (χ1n) is 20.5. The normalized spacial score (nSPS) is 12.9. The summed E-state index contributed by atoms with van der Waals surface area (Å²) in [5.74, 6) is -0.927. The number of carbonyl (C=O) groups excluding carboxylic acids is 2. The van der Waals surface area contributed by atoms with E-state index in [0.717, 1.165) is 44.9 Å². The fraction of sp³-hybridized carbons (Fsp3) is 0.762. The van der Waals surface area contributed by atoms with Crippen LogP contribution in [0.3, 0.4) is 0 Å². The molecule has 1 unspecified atom stereocenters. The van der Waals surface area contributed by atoms with Crippen molar-refractivity contribution >= 4 is 19.8 Å². The van der Waals surface area contributed by atoms with Crippen LogP contribution in [-0.2, 0) is 28.2 Å². The van der Waals surface area contributed by atoms with E-state index in [2.05, 4.69) is 30.5 Å². The zero-order chi connectivity index (χ0) is 37.5. The van der Waals surface area contributed by atoms with Crippen LogP contribution in [0.1, 0.15) is 187 Å². The minimum absolute atomic E-state index is 0.166. The summed E-state index contributed by atoms with van der Waals surface area (Å²) >= 11 is 0. The quantitative estimate of drug-likeness (QED) is 0.0280. The van der Waals surface area contributed by atoms with Gasteiger partial charge in [0.05, 0.1) is 6.61 Å². The molecule has 0 fully saturated rings. The lowest BCUT2D eigenvalue weighted by Crippen LogP contribution is -2.29. The number of phosphoric acid groups is 1. The molecule has 51 heavy (non-hydrogen) atoms. The number of rotatable bonds is 37. The van der Waals surface area contributed by atoms with E-state index in [1.165, 1.54) is 109 Å². The summed E-state index contributed by atoms with van der Waals surface area (Å²) < 4.78 is 26.3. The number of carbonyl (C=O) groups is 2. The van der Waals surface area contributed by atoms with Gasteiger partial charge in [0.2, 0.25) is 0 Å². The molecule has 0 aliphatic heterocycles. The fourth-order valence-electron chi connectivity index (χ4n) is 5.68. The van der Waals surface area contributed by atoms with E-state index in [0.29, 0.717) is 6.42 Å². The number of allylic oxidation sites excluding steroid dienone is 8. The molecule has 0 aromatic carbocycles. The van der Waals surface area contributed by atoms with Gasteiger partial charge in [-0.2, -0.15) is 0 Å². The van der Waals surface area contributed by atoms with Gasteiger partial charge in [-0.25, -0.2) is 4.57 Å². The maximum absolute atomic E-state index is 12.3. The van der Waals surface area contributed by atoms with E-state index in [1.54, 1.807) is 0 Å². The first kappa shape index (κ1) is 49.0. The van der Waals surface area contributed by atoms with Gasteiger partial charge >= 0.3 is 19.8 Å². The SMILES string of the molecule is CC/C=C/C=C/C=C/C=C/CCCCCC(=O)OC(COC(=O)CCCCCCCCCCCCCCCCCCCCCC)COP(=O)(O)O. The second-order valence-electron chi connectivity index (χ2n) is 13.7. The Labute approximate surface area is 312 Å². The molecule has 0 saturated heterocycles. The Morgan fingerprint density at radius 2 is 0.941 bits per heavy atom. The molecule has 0 radical (unpaired) electrons. The van der Waals surface area contributed by atoms with Crippen molar-refractivity contribution in [3.05, 3.63) is 48.6 Å². The van der Waals surface area contributed by atoms with Crippen molar-refractivity contribution in [3.8, 4) is 0 Å². The van der Waals surface area contributed by atoms with Gasteiger partial charge in [0.15, 0.2) is 6.10 Å². The van der Waals surface area contributed by atoms with Crippen LogP contribution in [0.5, 0.6) is 0 Å². The predicted octanol–water partition coefficient (Wildman–Crippen LogP) is 12.3. The number of esters is 2. The summed E-state index contributed by atoms with van der Waals surface area (Å²) in [6.07, 6.45) is 45.6. The first-order chi connectivity index (χ1) is 24.8. The molecular weight excluding hydrogens is 663 g/mol. The summed E-state index contributed by atoms with van der Waals surface area (Å²) in [6, 6.07) is 0. The van der Waals surface area contributed by atoms with E-state index in [-0.39, 0.29) is 19.4 Å². The monoisotopic (exact) mass is 739 g/mol. The number of phosphoric ester groups is 1. The Morgan fingerprint density at radius 1 is 0.529 bits per heavy atom. The molecule has 0 aromatic heterocycles. The molecule has 296 valence electrons. The van der Waals surface area contributed by atoms with E-state index in [4.69, 9.17) is 19.3 Å². The van der Waals surface area contributed by atoms with E-state index in [1.807, 2.05) is 36.5 Å². The van der Waals surface area contributed by atoms with Crippen molar-refractivity contribution in [1.29, 1.82) is 0 Å². The van der Waals surface area contributed by atoms with Gasteiger partial charge in [-0.3, -0.25) is 14.1 Å². The summed E-state index contributed by atoms with van der Waals surface area (Å²) in [5.41, 5.74) is 0. The molecule has 0 saturated carbocycles. The highest BCUT2D eigenvalue weighted by molar-refractivity contribution is 7.46. The number of ether oxygens (including phenoxy) is 2. The molecule has 9 heteroatoms. The van der Waals surface area contributed by atoms with Crippen molar-refractivity contribution in [2.75, 3.05) is 13.2 Å². The van der Waals surface area contributed by atoms with Crippen LogP contribution >= 0.6 is 7.82 Å². The molecule has 8 nitrogen and oxygen atoms in total. The molecule has 1 atom stereocenters. The fourth-order valence-corrected chi connectivity index (χ4v) is 6.04. The van der Waals surface area contributed by atoms with Crippen molar-refractivity contribution in [2.45, 2.75) is 193 Å². The van der Waals surface area contributed by atoms with E-state index >= 15 is 0 Å². The Kier molecular flexibility index (Phi) is 36.3. The van der Waals surface area contributed by atoms with Crippen molar-refractivity contribution in [1.82, 2.24) is 0 Å². The topological polar surface area (TPSA) is 119 Å². The summed E-state index contributed by atoms with van der Waals surface area (Å²) in [7, 11) is -4.76. The zero-order valence-corrected chi connectivity index (χ0v) is 33.4. The maximum Gasteiger partial charge on any atom is 0.469 e. The molecule has 0 bridgehead atoms. The molecule has 0 aromatic rings. The molecule has 2 N–H and O–H groups in total. The summed E-state index contributed by atoms with van der Waals surface area (Å²) in [5, 5.41) is 0. The van der Waals surface area contributed by atoms with E-state index < -0.39 is 32.5 Å². The second-order valence-corrected chi connectivity index (χ2v) is 14.9. The Balaban J connectivity index is 3.91. The third kappa shape index (κ3) is 40.6. The maximum atomic E-state index is 12.3. The minimum Gasteiger partial charge on any atom is -0.462 e. The van der Waals surface area contributed by atoms with Gasteiger partial charge in [-0.1, -0.05) is 191 Å². The molecule has 0 amide bonds. The highest BCUT2D eigenvalue weighted by Crippen LogP contribution is 2.36. The number of hydrogen-bond donors (Lipinski definition) is 2. The van der Waals surface area contributed by atoms with Crippen LogP contribution in [0.4, 0.5) is 0 Å². The third-order valence-corrected chi connectivity index (χ3v) is 9.19. The molecule has 0 rings (SSSR count). The Bertz CT molecular complexity index is 968. The molecule has 0 heterocycles. The lowest BCUT2D eigenvalue weighted by atomic mass is 10.0. The summed E-state index contributed by atoms with van der Waals surface area (Å²) in [4.78, 5) is 42.7. The summed E-state index contributed by atoms with van der Waals surface area (Å²) in [6.45, 7) is 3.52. The lowest BCUT2D eigenvalue weighted by Gasteiger charge is -2.18. The first-order valence-corrected chi connectivity index (χ1v) is 22.0. The largest absolute Gasteiger partial charge is 0.469 e. The average molecular weight is 739 g/mol. The van der Waals surface area contributed by atoms with Crippen LogP contribution in [0, 0.1) is 0 Å². The van der Waals surface area contributed by atoms with Crippen LogP contribution < -0.4 is 0 Å².